The molecular formula is C28H32N4O2. The lowest BCUT2D eigenvalue weighted by Gasteiger charge is -2.29. The third-order valence-electron chi connectivity index (χ3n) is 6.63. The summed E-state index contributed by atoms with van der Waals surface area (Å²) in [5.74, 6) is -0.479. The molecule has 2 heterocycles. The molecule has 1 aliphatic rings. The molecule has 1 aliphatic heterocycles. The second-order valence-corrected chi connectivity index (χ2v) is 8.94. The van der Waals surface area contributed by atoms with Crippen molar-refractivity contribution in [3.63, 3.8) is 0 Å². The van der Waals surface area contributed by atoms with Crippen LogP contribution in [0.25, 0.3) is 28.1 Å². The number of carbonyl (C=O) groups is 1. The van der Waals surface area contributed by atoms with Gasteiger partial charge in [0.25, 0.3) is 5.91 Å². The van der Waals surface area contributed by atoms with Crippen LogP contribution in [-0.4, -0.2) is 41.3 Å². The fourth-order valence-electron chi connectivity index (χ4n) is 4.45. The topological polar surface area (TPSA) is 81.3 Å². The molecule has 0 radical (unpaired) electrons. The highest BCUT2D eigenvalue weighted by Crippen LogP contribution is 2.30. The van der Waals surface area contributed by atoms with Crippen molar-refractivity contribution in [2.75, 3.05) is 24.5 Å². The zero-order valence-corrected chi connectivity index (χ0v) is 19.9. The first-order valence-electron chi connectivity index (χ1n) is 12.0. The predicted octanol–water partition coefficient (Wildman–Crippen LogP) is 4.63. The van der Waals surface area contributed by atoms with Gasteiger partial charge in [0.1, 0.15) is 11.6 Å². The highest BCUT2D eigenvalue weighted by molar-refractivity contribution is 6.01. The molecule has 1 aromatic heterocycles. The van der Waals surface area contributed by atoms with Crippen molar-refractivity contribution in [1.82, 2.24) is 9.88 Å². The van der Waals surface area contributed by atoms with Gasteiger partial charge >= 0.3 is 0 Å². The Morgan fingerprint density at radius 3 is 2.59 bits per heavy atom. The van der Waals surface area contributed by atoms with E-state index in [4.69, 9.17) is 0 Å². The summed E-state index contributed by atoms with van der Waals surface area (Å²) in [7, 11) is 1.93. The maximum Gasteiger partial charge on any atom is 0.262 e. The van der Waals surface area contributed by atoms with Gasteiger partial charge < -0.3 is 19.9 Å². The number of hydrogen-bond donors (Lipinski definition) is 2. The van der Waals surface area contributed by atoms with Crippen LogP contribution in [0.3, 0.4) is 0 Å². The normalized spacial score (nSPS) is 15.2. The molecule has 0 bridgehead atoms. The molecule has 6 heteroatoms. The summed E-state index contributed by atoms with van der Waals surface area (Å²) in [6, 6.07) is 19.0. The highest BCUT2D eigenvalue weighted by atomic mass is 16.3. The first kappa shape index (κ1) is 23.6. The summed E-state index contributed by atoms with van der Waals surface area (Å²) in [5, 5.41) is 24.2. The van der Waals surface area contributed by atoms with Crippen molar-refractivity contribution < 1.29 is 9.90 Å². The molecule has 176 valence electrons. The fraction of sp³-hybridized carbons (Fsp3) is 0.357. The van der Waals surface area contributed by atoms with E-state index in [2.05, 4.69) is 46.6 Å². The van der Waals surface area contributed by atoms with Gasteiger partial charge in [-0.05, 0) is 78.4 Å². The van der Waals surface area contributed by atoms with Gasteiger partial charge in [0, 0.05) is 43.8 Å². The summed E-state index contributed by atoms with van der Waals surface area (Å²) in [4.78, 5) is 14.8. The molecule has 1 atom stereocenters. The van der Waals surface area contributed by atoms with E-state index in [1.54, 1.807) is 6.08 Å². The molecule has 2 N–H and O–H groups in total. The predicted molar refractivity (Wildman–Crippen MR) is 137 cm³/mol. The number of aromatic nitrogens is 1. The number of benzene rings is 2. The number of fused-ring (bicyclic) bond motifs is 1. The molecule has 1 unspecified atom stereocenters. The average molecular weight is 457 g/mol. The molecule has 34 heavy (non-hydrogen) atoms. The van der Waals surface area contributed by atoms with Crippen molar-refractivity contribution >= 4 is 28.4 Å². The first-order valence-corrected chi connectivity index (χ1v) is 12.0. The highest BCUT2D eigenvalue weighted by Gasteiger charge is 2.14. The average Bonchev–Trinajstić information content (AvgIpc) is 3.25. The van der Waals surface area contributed by atoms with E-state index in [1.807, 2.05) is 36.7 Å². The molecule has 2 aromatic carbocycles. The maximum absolute atomic E-state index is 12.3. The lowest BCUT2D eigenvalue weighted by Crippen LogP contribution is -2.32. The molecule has 4 rings (SSSR count). The largest absolute Gasteiger partial charge is 0.391 e. The fourth-order valence-corrected chi connectivity index (χ4v) is 4.45. The van der Waals surface area contributed by atoms with E-state index in [0.717, 1.165) is 30.0 Å². The van der Waals surface area contributed by atoms with E-state index in [1.165, 1.54) is 35.7 Å². The smallest absolute Gasteiger partial charge is 0.262 e. The number of aliphatic hydroxyl groups is 1. The van der Waals surface area contributed by atoms with Crippen molar-refractivity contribution in [2.24, 2.45) is 7.05 Å². The van der Waals surface area contributed by atoms with Crippen molar-refractivity contribution in [3.05, 3.63) is 59.8 Å². The number of nitriles is 1. The number of hydrogen-bond acceptors (Lipinski definition) is 4. The molecule has 0 aliphatic carbocycles. The maximum atomic E-state index is 12.3. The standard InChI is InChI=1S/C28H32N4O2/c1-3-26(33)19-30-28(34)23(18-29)17-24-11-12-27(31(24)2)22-8-7-21-16-25(10-9-20(21)15-22)32-13-5-4-6-14-32/h7-12,15-17,26,33H,3-6,13-14,19H2,1-2H3,(H,30,34)/b23-17+. The second kappa shape index (κ2) is 10.6. The monoisotopic (exact) mass is 456 g/mol. The molecule has 6 nitrogen and oxygen atoms in total. The van der Waals surface area contributed by atoms with Crippen LogP contribution < -0.4 is 10.2 Å². The number of aliphatic hydroxyl groups excluding tert-OH is 1. The van der Waals surface area contributed by atoms with Gasteiger partial charge in [-0.1, -0.05) is 25.1 Å². The van der Waals surface area contributed by atoms with Crippen LogP contribution in [0.1, 0.15) is 38.3 Å². The molecular weight excluding hydrogens is 424 g/mol. The summed E-state index contributed by atoms with van der Waals surface area (Å²) in [6.07, 6.45) is 5.36. The number of carbonyl (C=O) groups excluding carboxylic acids is 1. The quantitative estimate of drug-likeness (QED) is 0.401. The van der Waals surface area contributed by atoms with Gasteiger partial charge in [0.05, 0.1) is 6.10 Å². The van der Waals surface area contributed by atoms with E-state index in [9.17, 15) is 15.2 Å². The third kappa shape index (κ3) is 5.16. The Bertz CT molecular complexity index is 1250. The summed E-state index contributed by atoms with van der Waals surface area (Å²) in [5.41, 5.74) is 4.15. The van der Waals surface area contributed by atoms with Gasteiger partial charge in [0.15, 0.2) is 0 Å². The minimum absolute atomic E-state index is 0.0137. The van der Waals surface area contributed by atoms with Gasteiger partial charge in [0.2, 0.25) is 0 Å². The minimum atomic E-state index is -0.616. The Labute approximate surface area is 201 Å². The molecule has 1 fully saturated rings. The Morgan fingerprint density at radius 2 is 1.85 bits per heavy atom. The summed E-state index contributed by atoms with van der Waals surface area (Å²) in [6.45, 7) is 4.23. The number of piperidine rings is 1. The van der Waals surface area contributed by atoms with Crippen molar-refractivity contribution in [3.8, 4) is 17.3 Å². The summed E-state index contributed by atoms with van der Waals surface area (Å²) >= 11 is 0. The lowest BCUT2D eigenvalue weighted by atomic mass is 10.0. The Kier molecular flexibility index (Phi) is 7.34. The number of amides is 1. The zero-order chi connectivity index (χ0) is 24.1. The molecule has 0 saturated carbocycles. The third-order valence-corrected chi connectivity index (χ3v) is 6.63. The van der Waals surface area contributed by atoms with Crippen LogP contribution >= 0.6 is 0 Å². The van der Waals surface area contributed by atoms with Crippen molar-refractivity contribution in [1.29, 1.82) is 5.26 Å². The van der Waals surface area contributed by atoms with Crippen LogP contribution in [0.5, 0.6) is 0 Å². The summed E-state index contributed by atoms with van der Waals surface area (Å²) < 4.78 is 1.98. The van der Waals surface area contributed by atoms with E-state index < -0.39 is 12.0 Å². The number of rotatable bonds is 7. The van der Waals surface area contributed by atoms with Gasteiger partial charge in [-0.15, -0.1) is 0 Å². The Balaban J connectivity index is 1.56. The van der Waals surface area contributed by atoms with Crippen LogP contribution in [0.4, 0.5) is 5.69 Å². The molecule has 3 aromatic rings. The van der Waals surface area contributed by atoms with Crippen LogP contribution in [0.2, 0.25) is 0 Å². The zero-order valence-electron chi connectivity index (χ0n) is 19.9. The number of anilines is 1. The van der Waals surface area contributed by atoms with Gasteiger partial charge in [-0.3, -0.25) is 4.79 Å². The number of nitrogens with one attached hydrogen (secondary N) is 1. The van der Waals surface area contributed by atoms with Gasteiger partial charge in [-0.2, -0.15) is 5.26 Å². The number of nitrogens with zero attached hydrogens (tertiary/aromatic N) is 3. The van der Waals surface area contributed by atoms with E-state index in [0.29, 0.717) is 6.42 Å². The van der Waals surface area contributed by atoms with Crippen molar-refractivity contribution in [2.45, 2.75) is 38.7 Å². The second-order valence-electron chi connectivity index (χ2n) is 8.94. The molecule has 0 spiro atoms. The Morgan fingerprint density at radius 1 is 1.12 bits per heavy atom. The van der Waals surface area contributed by atoms with E-state index >= 15 is 0 Å². The first-order chi connectivity index (χ1) is 16.5. The SMILES string of the molecule is CCC(O)CNC(=O)/C(C#N)=C/c1ccc(-c2ccc3cc(N4CCCCC4)ccc3c2)n1C. The van der Waals surface area contributed by atoms with Crippen LogP contribution in [-0.2, 0) is 11.8 Å². The lowest BCUT2D eigenvalue weighted by molar-refractivity contribution is -0.117. The molecule has 1 amide bonds. The van der Waals surface area contributed by atoms with E-state index in [-0.39, 0.29) is 12.1 Å². The molecule has 1 saturated heterocycles. The minimum Gasteiger partial charge on any atom is -0.391 e. The van der Waals surface area contributed by atoms with Crippen LogP contribution in [0, 0.1) is 11.3 Å². The Hall–Kier alpha value is -3.56. The van der Waals surface area contributed by atoms with Crippen LogP contribution in [0.15, 0.2) is 54.1 Å². The van der Waals surface area contributed by atoms with Gasteiger partial charge in [-0.25, -0.2) is 0 Å².